The van der Waals surface area contributed by atoms with E-state index in [4.69, 9.17) is 0 Å². The van der Waals surface area contributed by atoms with Crippen molar-refractivity contribution in [1.29, 1.82) is 0 Å². The van der Waals surface area contributed by atoms with Gasteiger partial charge in [-0.1, -0.05) is 25.1 Å². The molecular formula is C18H27N3O. The van der Waals surface area contributed by atoms with Crippen molar-refractivity contribution in [1.82, 2.24) is 15.1 Å². The van der Waals surface area contributed by atoms with Gasteiger partial charge in [0.25, 0.3) is 0 Å². The zero-order chi connectivity index (χ0) is 15.9. The Balaban J connectivity index is 2.01. The van der Waals surface area contributed by atoms with Crippen molar-refractivity contribution in [2.24, 2.45) is 0 Å². The monoisotopic (exact) mass is 301 g/mol. The molecule has 1 heterocycles. The predicted octanol–water partition coefficient (Wildman–Crippen LogP) is 1.76. The molecule has 0 aromatic heterocycles. The highest BCUT2D eigenvalue weighted by atomic mass is 16.1. The molecule has 1 amide bonds. The van der Waals surface area contributed by atoms with Crippen LogP contribution in [0.1, 0.15) is 23.6 Å². The number of fused-ring (bicyclic) bond motifs is 1. The van der Waals surface area contributed by atoms with Gasteiger partial charge in [0.2, 0.25) is 5.91 Å². The Kier molecular flexibility index (Phi) is 6.16. The summed E-state index contributed by atoms with van der Waals surface area (Å²) in [4.78, 5) is 16.4. The van der Waals surface area contributed by atoms with Gasteiger partial charge in [0.15, 0.2) is 0 Å². The van der Waals surface area contributed by atoms with Crippen LogP contribution in [0.5, 0.6) is 0 Å². The number of carbonyl (C=O) groups excluding carboxylic acids is 1. The quantitative estimate of drug-likeness (QED) is 0.813. The Morgan fingerprint density at radius 1 is 1.41 bits per heavy atom. The van der Waals surface area contributed by atoms with E-state index in [9.17, 15) is 4.79 Å². The van der Waals surface area contributed by atoms with E-state index in [2.05, 4.69) is 40.2 Å². The number of hydrogen-bond donors (Lipinski definition) is 1. The third-order valence-electron chi connectivity index (χ3n) is 4.11. The van der Waals surface area contributed by atoms with E-state index in [1.165, 1.54) is 16.7 Å². The van der Waals surface area contributed by atoms with Crippen LogP contribution < -0.4 is 5.32 Å². The van der Waals surface area contributed by atoms with Crippen LogP contribution >= 0.6 is 0 Å². The summed E-state index contributed by atoms with van der Waals surface area (Å²) < 4.78 is 0. The van der Waals surface area contributed by atoms with E-state index < -0.39 is 0 Å². The highest BCUT2D eigenvalue weighted by molar-refractivity contribution is 5.91. The molecule has 1 aliphatic rings. The molecule has 4 heteroatoms. The van der Waals surface area contributed by atoms with Crippen LogP contribution in [0.4, 0.5) is 0 Å². The second kappa shape index (κ2) is 8.11. The number of nitrogens with one attached hydrogen (secondary N) is 1. The molecule has 0 radical (unpaired) electrons. The minimum Gasteiger partial charge on any atom is -0.351 e. The first kappa shape index (κ1) is 16.7. The average Bonchev–Trinajstić information content (AvgIpc) is 2.52. The Bertz CT molecular complexity index is 537. The van der Waals surface area contributed by atoms with Crippen molar-refractivity contribution in [3.05, 3.63) is 41.0 Å². The summed E-state index contributed by atoms with van der Waals surface area (Å²) in [5.74, 6) is -0.0254. The number of carbonyl (C=O) groups is 1. The number of rotatable bonds is 6. The second-order valence-electron chi connectivity index (χ2n) is 6.03. The first-order chi connectivity index (χ1) is 10.6. The van der Waals surface area contributed by atoms with Gasteiger partial charge in [-0.15, -0.1) is 0 Å². The van der Waals surface area contributed by atoms with Gasteiger partial charge in [-0.2, -0.15) is 0 Å². The summed E-state index contributed by atoms with van der Waals surface area (Å²) in [6, 6.07) is 6.39. The van der Waals surface area contributed by atoms with Crippen LogP contribution in [0, 0.1) is 0 Å². The molecule has 4 nitrogen and oxygen atoms in total. The molecular weight excluding hydrogens is 274 g/mol. The van der Waals surface area contributed by atoms with Crippen LogP contribution in [-0.2, 0) is 17.8 Å². The normalized spacial score (nSPS) is 15.3. The molecule has 0 fully saturated rings. The smallest absolute Gasteiger partial charge is 0.244 e. The SMILES string of the molecule is CCN1CCc2cccc(/C=C/C(=O)NCCN(C)C)c2C1. The second-order valence-corrected chi connectivity index (χ2v) is 6.03. The Morgan fingerprint density at radius 3 is 2.95 bits per heavy atom. The van der Waals surface area contributed by atoms with Crippen LogP contribution in [0.2, 0.25) is 0 Å². The van der Waals surface area contributed by atoms with E-state index in [0.29, 0.717) is 6.54 Å². The lowest BCUT2D eigenvalue weighted by molar-refractivity contribution is -0.116. The number of amides is 1. The number of nitrogens with zero attached hydrogens (tertiary/aromatic N) is 2. The van der Waals surface area contributed by atoms with Gasteiger partial charge in [0.1, 0.15) is 0 Å². The van der Waals surface area contributed by atoms with E-state index >= 15 is 0 Å². The number of benzene rings is 1. The highest BCUT2D eigenvalue weighted by Gasteiger charge is 2.16. The maximum atomic E-state index is 11.9. The summed E-state index contributed by atoms with van der Waals surface area (Å²) in [5, 5.41) is 2.91. The van der Waals surface area contributed by atoms with Gasteiger partial charge in [-0.3, -0.25) is 9.69 Å². The van der Waals surface area contributed by atoms with Crippen LogP contribution in [0.3, 0.4) is 0 Å². The Labute approximate surface area is 133 Å². The maximum absolute atomic E-state index is 11.9. The summed E-state index contributed by atoms with van der Waals surface area (Å²) in [6.07, 6.45) is 4.69. The molecule has 1 aromatic carbocycles. The van der Waals surface area contributed by atoms with Crippen LogP contribution in [0.15, 0.2) is 24.3 Å². The fourth-order valence-electron chi connectivity index (χ4n) is 2.72. The minimum atomic E-state index is -0.0254. The minimum absolute atomic E-state index is 0.0254. The fourth-order valence-corrected chi connectivity index (χ4v) is 2.72. The van der Waals surface area contributed by atoms with Crippen molar-refractivity contribution >= 4 is 12.0 Å². The van der Waals surface area contributed by atoms with Gasteiger partial charge < -0.3 is 10.2 Å². The summed E-state index contributed by atoms with van der Waals surface area (Å²) in [7, 11) is 4.00. The molecule has 0 saturated carbocycles. The van der Waals surface area contributed by atoms with Crippen molar-refractivity contribution in [3.8, 4) is 0 Å². The van der Waals surface area contributed by atoms with E-state index in [-0.39, 0.29) is 5.91 Å². The molecule has 1 aromatic rings. The topological polar surface area (TPSA) is 35.6 Å². The van der Waals surface area contributed by atoms with Gasteiger partial charge in [-0.05, 0) is 49.8 Å². The molecule has 2 rings (SSSR count). The average molecular weight is 301 g/mol. The summed E-state index contributed by atoms with van der Waals surface area (Å²) >= 11 is 0. The molecule has 0 unspecified atom stereocenters. The zero-order valence-corrected chi connectivity index (χ0v) is 13.9. The van der Waals surface area contributed by atoms with Crippen molar-refractivity contribution in [2.75, 3.05) is 40.3 Å². The van der Waals surface area contributed by atoms with Crippen molar-refractivity contribution in [2.45, 2.75) is 19.9 Å². The van der Waals surface area contributed by atoms with Crippen LogP contribution in [0.25, 0.3) is 6.08 Å². The third kappa shape index (κ3) is 4.68. The van der Waals surface area contributed by atoms with E-state index in [1.54, 1.807) is 6.08 Å². The van der Waals surface area contributed by atoms with E-state index in [1.807, 2.05) is 20.2 Å². The lowest BCUT2D eigenvalue weighted by atomic mass is 9.94. The highest BCUT2D eigenvalue weighted by Crippen LogP contribution is 2.23. The van der Waals surface area contributed by atoms with Gasteiger partial charge >= 0.3 is 0 Å². The lowest BCUT2D eigenvalue weighted by Crippen LogP contribution is -2.31. The molecule has 0 spiro atoms. The molecule has 1 N–H and O–H groups in total. The van der Waals surface area contributed by atoms with Gasteiger partial charge in [0.05, 0.1) is 0 Å². The molecule has 0 aliphatic carbocycles. The van der Waals surface area contributed by atoms with Gasteiger partial charge in [-0.25, -0.2) is 0 Å². The van der Waals surface area contributed by atoms with Crippen LogP contribution in [-0.4, -0.2) is 56.0 Å². The fraction of sp³-hybridized carbons (Fsp3) is 0.500. The number of likely N-dealkylation sites (N-methyl/N-ethyl adjacent to an activating group) is 2. The molecule has 0 saturated heterocycles. The lowest BCUT2D eigenvalue weighted by Gasteiger charge is -2.28. The third-order valence-corrected chi connectivity index (χ3v) is 4.11. The molecule has 0 bridgehead atoms. The molecule has 22 heavy (non-hydrogen) atoms. The number of hydrogen-bond acceptors (Lipinski definition) is 3. The summed E-state index contributed by atoms with van der Waals surface area (Å²) in [5.41, 5.74) is 3.95. The maximum Gasteiger partial charge on any atom is 0.244 e. The van der Waals surface area contributed by atoms with E-state index in [0.717, 1.165) is 32.6 Å². The first-order valence-corrected chi connectivity index (χ1v) is 8.04. The van der Waals surface area contributed by atoms with Crippen molar-refractivity contribution < 1.29 is 4.79 Å². The van der Waals surface area contributed by atoms with Gasteiger partial charge in [0, 0.05) is 32.3 Å². The Hall–Kier alpha value is -1.65. The first-order valence-electron chi connectivity index (χ1n) is 8.04. The molecule has 0 atom stereocenters. The summed E-state index contributed by atoms with van der Waals surface area (Å²) in [6.45, 7) is 6.90. The van der Waals surface area contributed by atoms with Crippen molar-refractivity contribution in [3.63, 3.8) is 0 Å². The molecule has 120 valence electrons. The predicted molar refractivity (Wildman–Crippen MR) is 91.7 cm³/mol. The Morgan fingerprint density at radius 2 is 2.23 bits per heavy atom. The standard InChI is InChI=1S/C18H27N3O/c1-4-21-12-10-16-7-5-6-15(17(16)14-21)8-9-18(22)19-11-13-20(2)3/h5-9H,4,10-14H2,1-3H3,(H,19,22)/b9-8+. The largest absolute Gasteiger partial charge is 0.351 e. The zero-order valence-electron chi connectivity index (χ0n) is 13.9. The molecule has 1 aliphatic heterocycles.